The van der Waals surface area contributed by atoms with Gasteiger partial charge in [-0.1, -0.05) is 37.3 Å². The monoisotopic (exact) mass is 292 g/mol. The highest BCUT2D eigenvalue weighted by Crippen LogP contribution is 2.21. The van der Waals surface area contributed by atoms with Gasteiger partial charge in [0.2, 0.25) is 0 Å². The van der Waals surface area contributed by atoms with Gasteiger partial charge in [-0.2, -0.15) is 0 Å². The van der Waals surface area contributed by atoms with Crippen LogP contribution in [0.2, 0.25) is 0 Å². The molecule has 20 heavy (non-hydrogen) atoms. The molecule has 0 N–H and O–H groups in total. The Morgan fingerprint density at radius 3 is 2.45 bits per heavy atom. The lowest BCUT2D eigenvalue weighted by molar-refractivity contribution is -0.144. The standard InChI is InChI=1S/C15H16O4S/c1-11(15(16)19-2)10-20(17,18)14-8-7-12-5-3-4-6-13(12)9-14/h3-9,11H,10H2,1-2H3. The predicted octanol–water partition coefficient (Wildman–Crippen LogP) is 2.42. The van der Waals surface area contributed by atoms with Crippen molar-refractivity contribution in [3.8, 4) is 0 Å². The van der Waals surface area contributed by atoms with Crippen LogP contribution in [0.1, 0.15) is 6.92 Å². The number of carbonyl (C=O) groups excluding carboxylic acids is 1. The molecule has 2 rings (SSSR count). The van der Waals surface area contributed by atoms with Crippen molar-refractivity contribution >= 4 is 26.6 Å². The summed E-state index contributed by atoms with van der Waals surface area (Å²) in [5.41, 5.74) is 0. The van der Waals surface area contributed by atoms with Gasteiger partial charge in [-0.25, -0.2) is 8.42 Å². The minimum Gasteiger partial charge on any atom is -0.469 e. The van der Waals surface area contributed by atoms with Gasteiger partial charge in [0, 0.05) is 0 Å². The topological polar surface area (TPSA) is 60.4 Å². The van der Waals surface area contributed by atoms with Crippen molar-refractivity contribution < 1.29 is 17.9 Å². The minimum absolute atomic E-state index is 0.229. The van der Waals surface area contributed by atoms with Gasteiger partial charge in [0.1, 0.15) is 0 Å². The van der Waals surface area contributed by atoms with Gasteiger partial charge in [0.15, 0.2) is 9.84 Å². The first-order valence-electron chi connectivity index (χ1n) is 6.23. The molecule has 5 heteroatoms. The number of fused-ring (bicyclic) bond motifs is 1. The molecule has 0 aliphatic rings. The van der Waals surface area contributed by atoms with Crippen molar-refractivity contribution in [2.75, 3.05) is 12.9 Å². The number of ether oxygens (including phenoxy) is 1. The first kappa shape index (κ1) is 14.5. The molecule has 0 aliphatic heterocycles. The summed E-state index contributed by atoms with van der Waals surface area (Å²) in [7, 11) is -2.26. The zero-order chi connectivity index (χ0) is 14.8. The molecular formula is C15H16O4S. The number of esters is 1. The summed E-state index contributed by atoms with van der Waals surface area (Å²) in [6.07, 6.45) is 0. The van der Waals surface area contributed by atoms with E-state index < -0.39 is 21.7 Å². The Bertz CT molecular complexity index is 734. The van der Waals surface area contributed by atoms with Crippen molar-refractivity contribution in [2.45, 2.75) is 11.8 Å². The van der Waals surface area contributed by atoms with Crippen LogP contribution in [0, 0.1) is 5.92 Å². The van der Waals surface area contributed by atoms with Gasteiger partial charge in [-0.05, 0) is 22.9 Å². The fourth-order valence-electron chi connectivity index (χ4n) is 2.06. The predicted molar refractivity (Wildman–Crippen MR) is 77.2 cm³/mol. The number of hydrogen-bond donors (Lipinski definition) is 0. The largest absolute Gasteiger partial charge is 0.469 e. The summed E-state index contributed by atoms with van der Waals surface area (Å²) >= 11 is 0. The maximum atomic E-state index is 12.3. The molecule has 4 nitrogen and oxygen atoms in total. The summed E-state index contributed by atoms with van der Waals surface area (Å²) < 4.78 is 29.2. The quantitative estimate of drug-likeness (QED) is 0.812. The second-order valence-corrected chi connectivity index (χ2v) is 6.75. The van der Waals surface area contributed by atoms with Crippen LogP contribution in [-0.2, 0) is 19.4 Å². The molecule has 2 aromatic carbocycles. The average Bonchev–Trinajstić information content (AvgIpc) is 2.45. The van der Waals surface area contributed by atoms with E-state index >= 15 is 0 Å². The van der Waals surface area contributed by atoms with E-state index in [2.05, 4.69) is 4.74 Å². The lowest BCUT2D eigenvalue weighted by atomic mass is 10.1. The molecule has 1 atom stereocenters. The minimum atomic E-state index is -3.51. The van der Waals surface area contributed by atoms with E-state index in [-0.39, 0.29) is 10.6 Å². The van der Waals surface area contributed by atoms with E-state index in [1.807, 2.05) is 24.3 Å². The highest BCUT2D eigenvalue weighted by atomic mass is 32.2. The lowest BCUT2D eigenvalue weighted by Gasteiger charge is -2.10. The first-order chi connectivity index (χ1) is 9.44. The maximum absolute atomic E-state index is 12.3. The summed E-state index contributed by atoms with van der Waals surface area (Å²) in [6, 6.07) is 12.5. The van der Waals surface area contributed by atoms with Gasteiger partial charge in [0.05, 0.1) is 23.7 Å². The summed E-state index contributed by atoms with van der Waals surface area (Å²) in [4.78, 5) is 11.6. The molecule has 0 fully saturated rings. The van der Waals surface area contributed by atoms with Crippen LogP contribution >= 0.6 is 0 Å². The van der Waals surface area contributed by atoms with Gasteiger partial charge in [0.25, 0.3) is 0 Å². The Morgan fingerprint density at radius 2 is 1.80 bits per heavy atom. The Hall–Kier alpha value is -1.88. The van der Waals surface area contributed by atoms with Crippen LogP contribution < -0.4 is 0 Å². The number of hydrogen-bond acceptors (Lipinski definition) is 4. The maximum Gasteiger partial charge on any atom is 0.309 e. The number of sulfone groups is 1. The SMILES string of the molecule is COC(=O)C(C)CS(=O)(=O)c1ccc2ccccc2c1. The average molecular weight is 292 g/mol. The van der Waals surface area contributed by atoms with Crippen molar-refractivity contribution in [1.29, 1.82) is 0 Å². The molecule has 0 spiro atoms. The van der Waals surface area contributed by atoms with Gasteiger partial charge < -0.3 is 4.74 Å². The van der Waals surface area contributed by atoms with E-state index in [1.165, 1.54) is 7.11 Å². The Morgan fingerprint density at radius 1 is 1.15 bits per heavy atom. The highest BCUT2D eigenvalue weighted by Gasteiger charge is 2.23. The van der Waals surface area contributed by atoms with Gasteiger partial charge >= 0.3 is 5.97 Å². The van der Waals surface area contributed by atoms with Crippen molar-refractivity contribution in [3.05, 3.63) is 42.5 Å². The molecule has 1 unspecified atom stereocenters. The first-order valence-corrected chi connectivity index (χ1v) is 7.88. The van der Waals surface area contributed by atoms with Crippen LogP contribution in [0.25, 0.3) is 10.8 Å². The molecule has 0 saturated heterocycles. The normalized spacial score (nSPS) is 13.1. The fourth-order valence-corrected chi connectivity index (χ4v) is 3.62. The molecule has 0 saturated carbocycles. The summed E-state index contributed by atoms with van der Waals surface area (Å²) in [6.45, 7) is 1.55. The highest BCUT2D eigenvalue weighted by molar-refractivity contribution is 7.91. The molecule has 0 aromatic heterocycles. The third-order valence-corrected chi connectivity index (χ3v) is 5.06. The number of rotatable bonds is 4. The van der Waals surface area contributed by atoms with Crippen molar-refractivity contribution in [1.82, 2.24) is 0 Å². The molecule has 0 aliphatic carbocycles. The van der Waals surface area contributed by atoms with E-state index in [9.17, 15) is 13.2 Å². The number of benzene rings is 2. The third kappa shape index (κ3) is 2.99. The van der Waals surface area contributed by atoms with Crippen LogP contribution in [-0.4, -0.2) is 27.2 Å². The van der Waals surface area contributed by atoms with Crippen LogP contribution in [0.15, 0.2) is 47.4 Å². The van der Waals surface area contributed by atoms with E-state index in [1.54, 1.807) is 25.1 Å². The molecule has 0 heterocycles. The Balaban J connectivity index is 2.34. The fraction of sp³-hybridized carbons (Fsp3) is 0.267. The van der Waals surface area contributed by atoms with E-state index in [4.69, 9.17) is 0 Å². The zero-order valence-corrected chi connectivity index (χ0v) is 12.2. The van der Waals surface area contributed by atoms with Crippen molar-refractivity contribution in [3.63, 3.8) is 0 Å². The Kier molecular flexibility index (Phi) is 4.09. The van der Waals surface area contributed by atoms with Crippen LogP contribution in [0.5, 0.6) is 0 Å². The van der Waals surface area contributed by atoms with Crippen LogP contribution in [0.4, 0.5) is 0 Å². The van der Waals surface area contributed by atoms with Crippen molar-refractivity contribution in [2.24, 2.45) is 5.92 Å². The number of methoxy groups -OCH3 is 1. The summed E-state index contributed by atoms with van der Waals surface area (Å²) in [5, 5.41) is 1.84. The molecule has 0 radical (unpaired) electrons. The second kappa shape index (κ2) is 5.63. The smallest absolute Gasteiger partial charge is 0.309 e. The molecule has 0 bridgehead atoms. The Labute approximate surface area is 118 Å². The zero-order valence-electron chi connectivity index (χ0n) is 11.4. The molecular weight excluding hydrogens is 276 g/mol. The summed E-state index contributed by atoms with van der Waals surface area (Å²) in [5.74, 6) is -1.45. The molecule has 0 amide bonds. The second-order valence-electron chi connectivity index (χ2n) is 4.71. The molecule has 106 valence electrons. The molecule has 2 aromatic rings. The van der Waals surface area contributed by atoms with E-state index in [0.29, 0.717) is 0 Å². The van der Waals surface area contributed by atoms with Crippen LogP contribution in [0.3, 0.4) is 0 Å². The van der Waals surface area contributed by atoms with E-state index in [0.717, 1.165) is 10.8 Å². The number of carbonyl (C=O) groups is 1. The van der Waals surface area contributed by atoms with Gasteiger partial charge in [-0.3, -0.25) is 4.79 Å². The lowest BCUT2D eigenvalue weighted by Crippen LogP contribution is -2.22. The van der Waals surface area contributed by atoms with Gasteiger partial charge in [-0.15, -0.1) is 0 Å². The third-order valence-electron chi connectivity index (χ3n) is 3.15.